The Bertz CT molecular complexity index is 1190. The van der Waals surface area contributed by atoms with Crippen molar-refractivity contribution in [3.8, 4) is 0 Å². The van der Waals surface area contributed by atoms with E-state index in [-0.39, 0.29) is 5.54 Å². The summed E-state index contributed by atoms with van der Waals surface area (Å²) in [5, 5.41) is 0. The lowest BCUT2D eigenvalue weighted by Crippen LogP contribution is -2.53. The normalized spacial score (nSPS) is 27.5. The molecule has 0 N–H and O–H groups in total. The third-order valence-electron chi connectivity index (χ3n) is 10.4. The number of hydrogen-bond donors (Lipinski definition) is 0. The quantitative estimate of drug-likeness (QED) is 0.401. The molecule has 2 unspecified atom stereocenters. The van der Waals surface area contributed by atoms with Gasteiger partial charge >= 0.3 is 0 Å². The smallest absolute Gasteiger partial charge is 0.206 e. The molecule has 4 fully saturated rings. The number of likely N-dealkylation sites (tertiary alicyclic amines) is 1. The van der Waals surface area contributed by atoms with Crippen LogP contribution in [0.25, 0.3) is 11.0 Å². The Kier molecular flexibility index (Phi) is 6.25. The van der Waals surface area contributed by atoms with E-state index < -0.39 is 0 Å². The first-order valence-electron chi connectivity index (χ1n) is 15.0. The Morgan fingerprint density at radius 3 is 2.08 bits per heavy atom. The molecule has 1 saturated carbocycles. The molecule has 3 aromatic rings. The average molecular weight is 498 g/mol. The summed E-state index contributed by atoms with van der Waals surface area (Å²) in [6, 6.07) is 22.2. The first kappa shape index (κ1) is 23.7. The van der Waals surface area contributed by atoms with Crippen molar-refractivity contribution in [2.75, 3.05) is 38.1 Å². The van der Waals surface area contributed by atoms with Gasteiger partial charge in [0.2, 0.25) is 5.95 Å². The van der Waals surface area contributed by atoms with Gasteiger partial charge in [0.15, 0.2) is 0 Å². The van der Waals surface area contributed by atoms with E-state index in [9.17, 15) is 0 Å². The fourth-order valence-electron chi connectivity index (χ4n) is 8.29. The van der Waals surface area contributed by atoms with Crippen molar-refractivity contribution in [3.63, 3.8) is 0 Å². The Balaban J connectivity index is 1.18. The van der Waals surface area contributed by atoms with E-state index in [0.29, 0.717) is 18.1 Å². The molecular weight excluding hydrogens is 454 g/mol. The summed E-state index contributed by atoms with van der Waals surface area (Å²) in [6.07, 6.45) is 13.2. The molecule has 0 spiro atoms. The predicted octanol–water partition coefficient (Wildman–Crippen LogP) is 6.21. The number of anilines is 1. The third-order valence-corrected chi connectivity index (χ3v) is 10.4. The number of hydrogen-bond acceptors (Lipinski definition) is 4. The van der Waals surface area contributed by atoms with Crippen LogP contribution in [0.1, 0.15) is 75.8 Å². The molecule has 5 nitrogen and oxygen atoms in total. The fraction of sp³-hybridized carbons (Fsp3) is 0.594. The van der Waals surface area contributed by atoms with E-state index in [1.807, 2.05) is 0 Å². The van der Waals surface area contributed by atoms with E-state index in [1.165, 1.54) is 88.8 Å². The first-order valence-corrected chi connectivity index (χ1v) is 15.0. The number of aromatic nitrogens is 2. The van der Waals surface area contributed by atoms with Gasteiger partial charge in [0.1, 0.15) is 0 Å². The number of piperazine rings is 1. The molecule has 2 aromatic carbocycles. The SMILES string of the molecule is CN1C2CCC1CN(c1nc3ccccc3n1C1CCN(C3(c4ccccc4)CCCCCC3)CC1)C2. The molecule has 7 rings (SSSR count). The summed E-state index contributed by atoms with van der Waals surface area (Å²) < 4.78 is 2.65. The lowest BCUT2D eigenvalue weighted by atomic mass is 9.79. The van der Waals surface area contributed by atoms with Crippen LogP contribution in [0.2, 0.25) is 0 Å². The Labute approximate surface area is 222 Å². The molecular formula is C32H43N5. The largest absolute Gasteiger partial charge is 0.339 e. The van der Waals surface area contributed by atoms with Crippen LogP contribution in [-0.2, 0) is 5.54 Å². The number of benzene rings is 2. The second kappa shape index (κ2) is 9.74. The summed E-state index contributed by atoms with van der Waals surface area (Å²) in [5.74, 6) is 1.23. The molecule has 0 radical (unpaired) electrons. The van der Waals surface area contributed by atoms with Gasteiger partial charge in [-0.2, -0.15) is 0 Å². The minimum Gasteiger partial charge on any atom is -0.339 e. The molecule has 5 heteroatoms. The van der Waals surface area contributed by atoms with Crippen molar-refractivity contribution in [2.24, 2.45) is 0 Å². The molecule has 4 heterocycles. The molecule has 3 saturated heterocycles. The van der Waals surface area contributed by atoms with Gasteiger partial charge in [0, 0.05) is 49.8 Å². The highest BCUT2D eigenvalue weighted by molar-refractivity contribution is 5.79. The number of nitrogens with zero attached hydrogens (tertiary/aromatic N) is 5. The number of fused-ring (bicyclic) bond motifs is 3. The summed E-state index contributed by atoms with van der Waals surface area (Å²) >= 11 is 0. The van der Waals surface area contributed by atoms with Crippen molar-refractivity contribution in [1.82, 2.24) is 19.4 Å². The summed E-state index contributed by atoms with van der Waals surface area (Å²) in [7, 11) is 2.33. The van der Waals surface area contributed by atoms with E-state index in [4.69, 9.17) is 4.98 Å². The molecule has 37 heavy (non-hydrogen) atoms. The van der Waals surface area contributed by atoms with E-state index in [0.717, 1.165) is 18.6 Å². The van der Waals surface area contributed by atoms with Crippen molar-refractivity contribution in [2.45, 2.75) is 87.9 Å². The first-order chi connectivity index (χ1) is 18.2. The number of likely N-dealkylation sites (N-methyl/N-ethyl adjacent to an activating group) is 1. The van der Waals surface area contributed by atoms with Gasteiger partial charge in [-0.15, -0.1) is 0 Å². The fourth-order valence-corrected chi connectivity index (χ4v) is 8.29. The van der Waals surface area contributed by atoms with Crippen LogP contribution in [0.5, 0.6) is 0 Å². The van der Waals surface area contributed by atoms with Gasteiger partial charge in [-0.3, -0.25) is 9.80 Å². The van der Waals surface area contributed by atoms with Gasteiger partial charge in [-0.25, -0.2) is 4.98 Å². The zero-order chi connectivity index (χ0) is 24.8. The van der Waals surface area contributed by atoms with Gasteiger partial charge < -0.3 is 9.47 Å². The third kappa shape index (κ3) is 4.10. The monoisotopic (exact) mass is 497 g/mol. The summed E-state index contributed by atoms with van der Waals surface area (Å²) in [4.78, 5) is 13.4. The lowest BCUT2D eigenvalue weighted by molar-refractivity contribution is 0.0360. The zero-order valence-corrected chi connectivity index (χ0v) is 22.6. The topological polar surface area (TPSA) is 27.5 Å². The molecule has 196 valence electrons. The Morgan fingerprint density at radius 1 is 0.730 bits per heavy atom. The summed E-state index contributed by atoms with van der Waals surface area (Å²) in [6.45, 7) is 4.59. The minimum atomic E-state index is 0.221. The number of imidazole rings is 1. The van der Waals surface area contributed by atoms with E-state index in [1.54, 1.807) is 5.56 Å². The molecule has 1 aliphatic carbocycles. The van der Waals surface area contributed by atoms with E-state index in [2.05, 4.69) is 80.9 Å². The maximum absolute atomic E-state index is 5.27. The number of para-hydroxylation sites is 2. The van der Waals surface area contributed by atoms with Crippen molar-refractivity contribution < 1.29 is 0 Å². The highest BCUT2D eigenvalue weighted by Gasteiger charge is 2.42. The maximum Gasteiger partial charge on any atom is 0.206 e. The zero-order valence-electron chi connectivity index (χ0n) is 22.6. The highest BCUT2D eigenvalue weighted by atomic mass is 15.4. The number of piperidine rings is 1. The minimum absolute atomic E-state index is 0.221. The predicted molar refractivity (Wildman–Crippen MR) is 152 cm³/mol. The Hall–Kier alpha value is -2.37. The van der Waals surface area contributed by atoms with Crippen LogP contribution in [0.15, 0.2) is 54.6 Å². The van der Waals surface area contributed by atoms with Crippen molar-refractivity contribution >= 4 is 17.0 Å². The van der Waals surface area contributed by atoms with Crippen LogP contribution in [-0.4, -0.2) is 64.7 Å². The molecule has 2 atom stereocenters. The van der Waals surface area contributed by atoms with Gasteiger partial charge in [0.25, 0.3) is 0 Å². The molecule has 3 aliphatic heterocycles. The Morgan fingerprint density at radius 2 is 1.38 bits per heavy atom. The maximum atomic E-state index is 5.27. The van der Waals surface area contributed by atoms with E-state index >= 15 is 0 Å². The van der Waals surface area contributed by atoms with Crippen LogP contribution >= 0.6 is 0 Å². The van der Waals surface area contributed by atoms with Crippen LogP contribution in [0.4, 0.5) is 5.95 Å². The second-order valence-electron chi connectivity index (χ2n) is 12.3. The second-order valence-corrected chi connectivity index (χ2v) is 12.3. The molecule has 0 amide bonds. The van der Waals surface area contributed by atoms with Gasteiger partial charge in [0.05, 0.1) is 11.0 Å². The molecule has 2 bridgehead atoms. The summed E-state index contributed by atoms with van der Waals surface area (Å²) in [5.41, 5.74) is 4.27. The average Bonchev–Trinajstić information content (AvgIpc) is 3.26. The van der Waals surface area contributed by atoms with Crippen molar-refractivity contribution in [3.05, 3.63) is 60.2 Å². The standard InChI is InChI=1S/C32H43N5/c1-34-27-15-16-28(34)24-35(23-27)31-33-29-13-7-8-14-30(29)37(31)26-17-21-36(22-18-26)32(19-9-2-3-10-20-32)25-11-5-4-6-12-25/h4-8,11-14,26-28H,2-3,9-10,15-24H2,1H3. The molecule has 4 aliphatic rings. The number of rotatable bonds is 4. The molecule has 1 aromatic heterocycles. The van der Waals surface area contributed by atoms with Gasteiger partial charge in [-0.1, -0.05) is 68.1 Å². The van der Waals surface area contributed by atoms with Crippen molar-refractivity contribution in [1.29, 1.82) is 0 Å². The van der Waals surface area contributed by atoms with Gasteiger partial charge in [-0.05, 0) is 63.3 Å². The van der Waals surface area contributed by atoms with Crippen LogP contribution < -0.4 is 4.90 Å². The highest BCUT2D eigenvalue weighted by Crippen LogP contribution is 2.44. The lowest BCUT2D eigenvalue weighted by Gasteiger charge is -2.48. The van der Waals surface area contributed by atoms with Crippen LogP contribution in [0, 0.1) is 0 Å². The van der Waals surface area contributed by atoms with Crippen LogP contribution in [0.3, 0.4) is 0 Å².